The highest BCUT2D eigenvalue weighted by atomic mass is 32.2. The molecular formula is C14H15NO2S. The minimum Gasteiger partial charge on any atom is -0.270 e. The number of benzene rings is 1. The fourth-order valence-corrected chi connectivity index (χ4v) is 2.56. The highest BCUT2D eigenvalue weighted by Crippen LogP contribution is 2.25. The smallest absolute Gasteiger partial charge is 0.267 e. The van der Waals surface area contributed by atoms with Gasteiger partial charge in [-0.3, -0.25) is 14.5 Å². The van der Waals surface area contributed by atoms with E-state index in [0.717, 1.165) is 17.7 Å². The van der Waals surface area contributed by atoms with Crippen molar-refractivity contribution in [1.82, 2.24) is 4.90 Å². The van der Waals surface area contributed by atoms with Gasteiger partial charge in [-0.25, -0.2) is 0 Å². The molecule has 0 fully saturated rings. The van der Waals surface area contributed by atoms with Gasteiger partial charge in [-0.2, -0.15) is 0 Å². The molecule has 0 bridgehead atoms. The summed E-state index contributed by atoms with van der Waals surface area (Å²) >= 11 is 1.46. The molecule has 0 aromatic heterocycles. The average molecular weight is 261 g/mol. The number of thioether (sulfide) groups is 1. The Balaban J connectivity index is 2.04. The van der Waals surface area contributed by atoms with Crippen LogP contribution in [0.1, 0.15) is 18.9 Å². The van der Waals surface area contributed by atoms with E-state index in [1.54, 1.807) is 0 Å². The van der Waals surface area contributed by atoms with Crippen LogP contribution in [0.2, 0.25) is 0 Å². The SMILES string of the molecule is CCCSC1=CC(=O)N(Cc2ccccc2)C1=O. The number of amides is 2. The largest absolute Gasteiger partial charge is 0.270 e. The molecule has 1 heterocycles. The zero-order valence-corrected chi connectivity index (χ0v) is 11.1. The van der Waals surface area contributed by atoms with Crippen molar-refractivity contribution in [2.24, 2.45) is 0 Å². The predicted molar refractivity (Wildman–Crippen MR) is 72.8 cm³/mol. The molecule has 0 saturated carbocycles. The van der Waals surface area contributed by atoms with Crippen LogP contribution in [0.25, 0.3) is 0 Å². The first-order valence-corrected chi connectivity index (χ1v) is 6.95. The van der Waals surface area contributed by atoms with Gasteiger partial charge in [0.2, 0.25) is 0 Å². The topological polar surface area (TPSA) is 37.4 Å². The summed E-state index contributed by atoms with van der Waals surface area (Å²) < 4.78 is 0. The number of carbonyl (C=O) groups excluding carboxylic acids is 2. The molecule has 18 heavy (non-hydrogen) atoms. The van der Waals surface area contributed by atoms with Gasteiger partial charge in [0.05, 0.1) is 11.4 Å². The maximum atomic E-state index is 12.0. The summed E-state index contributed by atoms with van der Waals surface area (Å²) in [5, 5.41) is 0. The molecule has 1 aromatic rings. The Morgan fingerprint density at radius 1 is 1.17 bits per heavy atom. The van der Waals surface area contributed by atoms with Crippen molar-refractivity contribution in [3.63, 3.8) is 0 Å². The molecule has 0 aliphatic carbocycles. The second-order valence-corrected chi connectivity index (χ2v) is 5.21. The van der Waals surface area contributed by atoms with Gasteiger partial charge in [-0.15, -0.1) is 11.8 Å². The number of carbonyl (C=O) groups is 2. The normalized spacial score (nSPS) is 15.2. The first-order valence-electron chi connectivity index (χ1n) is 5.96. The third kappa shape index (κ3) is 2.82. The Bertz CT molecular complexity index is 482. The summed E-state index contributed by atoms with van der Waals surface area (Å²) in [6.07, 6.45) is 2.44. The number of hydrogen-bond donors (Lipinski definition) is 0. The second kappa shape index (κ2) is 5.87. The van der Waals surface area contributed by atoms with Crippen molar-refractivity contribution in [2.45, 2.75) is 19.9 Å². The molecule has 3 nitrogen and oxygen atoms in total. The molecule has 0 N–H and O–H groups in total. The Hall–Kier alpha value is -1.55. The zero-order valence-electron chi connectivity index (χ0n) is 10.3. The van der Waals surface area contributed by atoms with Crippen LogP contribution in [0, 0.1) is 0 Å². The van der Waals surface area contributed by atoms with E-state index >= 15 is 0 Å². The molecule has 1 aliphatic heterocycles. The van der Waals surface area contributed by atoms with Crippen LogP contribution in [0.3, 0.4) is 0 Å². The van der Waals surface area contributed by atoms with Crippen molar-refractivity contribution in [3.05, 3.63) is 46.9 Å². The van der Waals surface area contributed by atoms with Crippen LogP contribution < -0.4 is 0 Å². The maximum absolute atomic E-state index is 12.0. The summed E-state index contributed by atoms with van der Waals surface area (Å²) in [5.41, 5.74) is 0.967. The minimum absolute atomic E-state index is 0.165. The van der Waals surface area contributed by atoms with E-state index in [4.69, 9.17) is 0 Å². The van der Waals surface area contributed by atoms with Crippen LogP contribution in [0.5, 0.6) is 0 Å². The van der Waals surface area contributed by atoms with Crippen LogP contribution in [0.15, 0.2) is 41.3 Å². The van der Waals surface area contributed by atoms with Crippen LogP contribution in [0.4, 0.5) is 0 Å². The van der Waals surface area contributed by atoms with Crippen LogP contribution >= 0.6 is 11.8 Å². The van der Waals surface area contributed by atoms with Gasteiger partial charge in [-0.1, -0.05) is 37.3 Å². The number of rotatable bonds is 5. The monoisotopic (exact) mass is 261 g/mol. The fourth-order valence-electron chi connectivity index (χ4n) is 1.72. The lowest BCUT2D eigenvalue weighted by Gasteiger charge is -2.14. The summed E-state index contributed by atoms with van der Waals surface area (Å²) in [6, 6.07) is 9.55. The predicted octanol–water partition coefficient (Wildman–Crippen LogP) is 2.58. The lowest BCUT2D eigenvalue weighted by molar-refractivity contribution is -0.137. The molecule has 1 aliphatic rings. The molecule has 0 spiro atoms. The Labute approximate surface area is 111 Å². The van der Waals surface area contributed by atoms with E-state index in [1.165, 1.54) is 22.7 Å². The molecule has 0 unspecified atom stereocenters. The van der Waals surface area contributed by atoms with Crippen molar-refractivity contribution < 1.29 is 9.59 Å². The van der Waals surface area contributed by atoms with Gasteiger partial charge >= 0.3 is 0 Å². The van der Waals surface area contributed by atoms with Gasteiger partial charge < -0.3 is 0 Å². The summed E-state index contributed by atoms with van der Waals surface area (Å²) in [5.74, 6) is 0.495. The molecule has 2 rings (SSSR count). The van der Waals surface area contributed by atoms with E-state index in [1.807, 2.05) is 30.3 Å². The maximum Gasteiger partial charge on any atom is 0.267 e. The van der Waals surface area contributed by atoms with E-state index in [9.17, 15) is 9.59 Å². The second-order valence-electron chi connectivity index (χ2n) is 4.07. The Kier molecular flexibility index (Phi) is 4.20. The molecular weight excluding hydrogens is 246 g/mol. The van der Waals surface area contributed by atoms with Gasteiger partial charge in [-0.05, 0) is 17.7 Å². The van der Waals surface area contributed by atoms with E-state index < -0.39 is 0 Å². The number of hydrogen-bond acceptors (Lipinski definition) is 3. The standard InChI is InChI=1S/C14H15NO2S/c1-2-8-18-12-9-13(16)15(14(12)17)10-11-6-4-3-5-7-11/h3-7,9H,2,8,10H2,1H3. The first kappa shape index (κ1) is 12.9. The molecule has 0 radical (unpaired) electrons. The van der Waals surface area contributed by atoms with Gasteiger partial charge in [0.25, 0.3) is 11.8 Å². The van der Waals surface area contributed by atoms with E-state index in [-0.39, 0.29) is 11.8 Å². The van der Waals surface area contributed by atoms with E-state index in [0.29, 0.717) is 11.4 Å². The Morgan fingerprint density at radius 3 is 2.56 bits per heavy atom. The van der Waals surface area contributed by atoms with E-state index in [2.05, 4.69) is 6.92 Å². The van der Waals surface area contributed by atoms with Gasteiger partial charge in [0.15, 0.2) is 0 Å². The van der Waals surface area contributed by atoms with Crippen LogP contribution in [-0.4, -0.2) is 22.5 Å². The molecule has 2 amide bonds. The van der Waals surface area contributed by atoms with Gasteiger partial charge in [0, 0.05) is 6.08 Å². The Morgan fingerprint density at radius 2 is 1.89 bits per heavy atom. The first-order chi connectivity index (χ1) is 8.72. The average Bonchev–Trinajstić information content (AvgIpc) is 2.65. The van der Waals surface area contributed by atoms with Crippen molar-refractivity contribution in [1.29, 1.82) is 0 Å². The molecule has 0 atom stereocenters. The highest BCUT2D eigenvalue weighted by Gasteiger charge is 2.30. The highest BCUT2D eigenvalue weighted by molar-refractivity contribution is 8.04. The van der Waals surface area contributed by atoms with Gasteiger partial charge in [0.1, 0.15) is 0 Å². The molecule has 0 saturated heterocycles. The lowest BCUT2D eigenvalue weighted by atomic mass is 10.2. The molecule has 94 valence electrons. The van der Waals surface area contributed by atoms with Crippen molar-refractivity contribution in [2.75, 3.05) is 5.75 Å². The number of nitrogens with zero attached hydrogens (tertiary/aromatic N) is 1. The fraction of sp³-hybridized carbons (Fsp3) is 0.286. The summed E-state index contributed by atoms with van der Waals surface area (Å²) in [6.45, 7) is 2.40. The zero-order chi connectivity index (χ0) is 13.0. The quantitative estimate of drug-likeness (QED) is 0.764. The van der Waals surface area contributed by atoms with Crippen LogP contribution in [-0.2, 0) is 16.1 Å². The summed E-state index contributed by atoms with van der Waals surface area (Å²) in [7, 11) is 0. The molecule has 4 heteroatoms. The minimum atomic E-state index is -0.206. The number of imide groups is 1. The third-order valence-corrected chi connectivity index (χ3v) is 3.84. The van der Waals surface area contributed by atoms with Crippen molar-refractivity contribution >= 4 is 23.6 Å². The third-order valence-electron chi connectivity index (χ3n) is 2.62. The summed E-state index contributed by atoms with van der Waals surface area (Å²) in [4.78, 5) is 25.7. The lowest BCUT2D eigenvalue weighted by Crippen LogP contribution is -2.30. The molecule has 1 aromatic carbocycles. The van der Waals surface area contributed by atoms with Crippen molar-refractivity contribution in [3.8, 4) is 0 Å².